The van der Waals surface area contributed by atoms with Crippen LogP contribution in [-0.2, 0) is 19.1 Å². The second-order valence-electron chi connectivity index (χ2n) is 9.74. The molecule has 34 heavy (non-hydrogen) atoms. The fourth-order valence-corrected chi connectivity index (χ4v) is 5.36. The Kier molecular flexibility index (Phi) is 8.56. The number of hydrogen-bond donors (Lipinski definition) is 0. The highest BCUT2D eigenvalue weighted by Gasteiger charge is 2.34. The van der Waals surface area contributed by atoms with Gasteiger partial charge in [0.1, 0.15) is 11.6 Å². The lowest BCUT2D eigenvalue weighted by Crippen LogP contribution is -2.51. The summed E-state index contributed by atoms with van der Waals surface area (Å²) in [4.78, 5) is 29.8. The van der Waals surface area contributed by atoms with Crippen LogP contribution in [0.4, 0.5) is 0 Å². The lowest BCUT2D eigenvalue weighted by atomic mass is 9.94. The molecule has 0 aromatic carbocycles. The Morgan fingerprint density at radius 2 is 1.82 bits per heavy atom. The number of aryl methyl sites for hydroxylation is 1. The summed E-state index contributed by atoms with van der Waals surface area (Å²) in [5.41, 5.74) is 3.05. The summed E-state index contributed by atoms with van der Waals surface area (Å²) in [6, 6.07) is 4.26. The van der Waals surface area contributed by atoms with E-state index in [2.05, 4.69) is 17.6 Å². The fraction of sp³-hybridized carbons (Fsp3) is 0.654. The number of morpholine rings is 1. The van der Waals surface area contributed by atoms with Gasteiger partial charge in [-0.15, -0.1) is 0 Å². The van der Waals surface area contributed by atoms with Crippen molar-refractivity contribution in [2.24, 2.45) is 5.92 Å². The Balaban J connectivity index is 1.66. The summed E-state index contributed by atoms with van der Waals surface area (Å²) in [7, 11) is 1.68. The van der Waals surface area contributed by atoms with E-state index in [4.69, 9.17) is 9.47 Å². The fourth-order valence-electron chi connectivity index (χ4n) is 5.36. The number of carbonyl (C=O) groups is 2. The molecule has 2 amide bonds. The molecule has 0 spiro atoms. The Morgan fingerprint density at radius 3 is 2.38 bits per heavy atom. The standard InChI is InChI=1S/C26H38N4O4/c1-17-11-23(21(5)30(17)18(2)16-33-6)12-24(13-27)26(32)28-9-7-22(8-10-28)25(31)29-14-19(3)34-20(4)15-29/h11-12,18-20,22H,7-10,14-16H2,1-6H3/b24-12-. The number of aromatic nitrogens is 1. The van der Waals surface area contributed by atoms with Gasteiger partial charge in [0.25, 0.3) is 5.91 Å². The zero-order valence-electron chi connectivity index (χ0n) is 21.3. The highest BCUT2D eigenvalue weighted by atomic mass is 16.5. The predicted octanol–water partition coefficient (Wildman–Crippen LogP) is 3.09. The topological polar surface area (TPSA) is 87.8 Å². The van der Waals surface area contributed by atoms with Crippen molar-refractivity contribution < 1.29 is 19.1 Å². The Hall–Kier alpha value is -2.63. The van der Waals surface area contributed by atoms with Gasteiger partial charge in [0.2, 0.25) is 5.91 Å². The number of methoxy groups -OCH3 is 1. The van der Waals surface area contributed by atoms with E-state index in [-0.39, 0.29) is 41.6 Å². The summed E-state index contributed by atoms with van der Waals surface area (Å²) in [6.07, 6.45) is 3.00. The maximum atomic E-state index is 13.1. The molecule has 0 N–H and O–H groups in total. The first-order valence-corrected chi connectivity index (χ1v) is 12.2. The molecular weight excluding hydrogens is 432 g/mol. The molecule has 0 saturated carbocycles. The van der Waals surface area contributed by atoms with Crippen LogP contribution in [0.25, 0.3) is 6.08 Å². The van der Waals surface area contributed by atoms with Crippen LogP contribution in [0.5, 0.6) is 0 Å². The van der Waals surface area contributed by atoms with E-state index in [0.29, 0.717) is 45.6 Å². The third-order valence-electron chi connectivity index (χ3n) is 6.89. The first-order chi connectivity index (χ1) is 16.2. The molecule has 3 unspecified atom stereocenters. The van der Waals surface area contributed by atoms with Gasteiger partial charge in [0, 0.05) is 50.6 Å². The zero-order chi connectivity index (χ0) is 25.0. The molecule has 3 rings (SSSR count). The van der Waals surface area contributed by atoms with Crippen molar-refractivity contribution in [3.8, 4) is 6.07 Å². The number of nitriles is 1. The summed E-state index contributed by atoms with van der Waals surface area (Å²) >= 11 is 0. The van der Waals surface area contributed by atoms with E-state index in [1.165, 1.54) is 0 Å². The molecule has 0 radical (unpaired) electrons. The van der Waals surface area contributed by atoms with E-state index in [9.17, 15) is 14.9 Å². The first kappa shape index (κ1) is 26.0. The van der Waals surface area contributed by atoms with Gasteiger partial charge in [0.15, 0.2) is 0 Å². The highest BCUT2D eigenvalue weighted by Crippen LogP contribution is 2.26. The minimum absolute atomic E-state index is 0.0390. The lowest BCUT2D eigenvalue weighted by molar-refractivity contribution is -0.149. The van der Waals surface area contributed by atoms with Crippen LogP contribution in [0.1, 0.15) is 56.6 Å². The zero-order valence-corrected chi connectivity index (χ0v) is 21.3. The van der Waals surface area contributed by atoms with Gasteiger partial charge < -0.3 is 23.8 Å². The van der Waals surface area contributed by atoms with Crippen molar-refractivity contribution in [3.05, 3.63) is 28.6 Å². The molecule has 2 fully saturated rings. The van der Waals surface area contributed by atoms with E-state index in [1.54, 1.807) is 18.1 Å². The van der Waals surface area contributed by atoms with Crippen LogP contribution in [0.2, 0.25) is 0 Å². The van der Waals surface area contributed by atoms with Gasteiger partial charge in [-0.2, -0.15) is 5.26 Å². The van der Waals surface area contributed by atoms with Gasteiger partial charge in [-0.3, -0.25) is 9.59 Å². The molecule has 2 aliphatic heterocycles. The summed E-state index contributed by atoms with van der Waals surface area (Å²) in [6.45, 7) is 12.8. The molecule has 2 saturated heterocycles. The molecule has 3 atom stereocenters. The molecule has 8 nitrogen and oxygen atoms in total. The molecule has 0 bridgehead atoms. The highest BCUT2D eigenvalue weighted by molar-refractivity contribution is 6.02. The number of ether oxygens (including phenoxy) is 2. The van der Waals surface area contributed by atoms with E-state index in [1.807, 2.05) is 38.7 Å². The minimum Gasteiger partial charge on any atom is -0.383 e. The van der Waals surface area contributed by atoms with Crippen LogP contribution < -0.4 is 0 Å². The Labute approximate surface area is 203 Å². The number of amides is 2. The van der Waals surface area contributed by atoms with Crippen molar-refractivity contribution >= 4 is 17.9 Å². The normalized spacial score (nSPS) is 23.0. The van der Waals surface area contributed by atoms with Crippen LogP contribution in [0.15, 0.2) is 11.6 Å². The lowest BCUT2D eigenvalue weighted by Gasteiger charge is -2.39. The van der Waals surface area contributed by atoms with E-state index >= 15 is 0 Å². The smallest absolute Gasteiger partial charge is 0.264 e. The van der Waals surface area contributed by atoms with Crippen molar-refractivity contribution in [1.82, 2.24) is 14.4 Å². The number of likely N-dealkylation sites (tertiary alicyclic amines) is 1. The molecule has 186 valence electrons. The summed E-state index contributed by atoms with van der Waals surface area (Å²) < 4.78 is 13.2. The maximum Gasteiger partial charge on any atom is 0.264 e. The van der Waals surface area contributed by atoms with Gasteiger partial charge in [-0.05, 0) is 65.2 Å². The second-order valence-corrected chi connectivity index (χ2v) is 9.74. The van der Waals surface area contributed by atoms with Crippen LogP contribution in [0.3, 0.4) is 0 Å². The molecule has 2 aliphatic rings. The SMILES string of the molecule is COCC(C)n1c(C)cc(/C=C(/C#N)C(=O)N2CCC(C(=O)N3CC(C)OC(C)C3)CC2)c1C. The number of piperidine rings is 1. The largest absolute Gasteiger partial charge is 0.383 e. The quantitative estimate of drug-likeness (QED) is 0.471. The number of hydrogen-bond acceptors (Lipinski definition) is 5. The van der Waals surface area contributed by atoms with Gasteiger partial charge in [0.05, 0.1) is 24.9 Å². The second kappa shape index (κ2) is 11.2. The van der Waals surface area contributed by atoms with E-state index in [0.717, 1.165) is 17.0 Å². The predicted molar refractivity (Wildman–Crippen MR) is 130 cm³/mol. The molecule has 3 heterocycles. The third-order valence-corrected chi connectivity index (χ3v) is 6.89. The minimum atomic E-state index is -0.267. The summed E-state index contributed by atoms with van der Waals surface area (Å²) in [5.74, 6) is -0.197. The van der Waals surface area contributed by atoms with Crippen LogP contribution in [-0.4, -0.2) is 78.3 Å². The van der Waals surface area contributed by atoms with Crippen molar-refractivity contribution in [2.75, 3.05) is 39.9 Å². The maximum absolute atomic E-state index is 13.1. The first-order valence-electron chi connectivity index (χ1n) is 12.2. The third kappa shape index (κ3) is 5.70. The molecule has 1 aromatic rings. The number of rotatable bonds is 6. The van der Waals surface area contributed by atoms with Crippen molar-refractivity contribution in [2.45, 2.75) is 65.7 Å². The number of carbonyl (C=O) groups excluding carboxylic acids is 2. The Bertz CT molecular complexity index is 958. The van der Waals surface area contributed by atoms with Gasteiger partial charge in [-0.25, -0.2) is 0 Å². The summed E-state index contributed by atoms with van der Waals surface area (Å²) in [5, 5.41) is 9.74. The van der Waals surface area contributed by atoms with Crippen molar-refractivity contribution in [3.63, 3.8) is 0 Å². The average Bonchev–Trinajstić information content (AvgIpc) is 3.08. The monoisotopic (exact) mass is 470 g/mol. The molecule has 8 heteroatoms. The number of nitrogens with zero attached hydrogens (tertiary/aromatic N) is 4. The Morgan fingerprint density at radius 1 is 1.21 bits per heavy atom. The van der Waals surface area contributed by atoms with Crippen molar-refractivity contribution in [1.29, 1.82) is 5.26 Å². The molecular formula is C26H38N4O4. The van der Waals surface area contributed by atoms with Crippen LogP contribution in [0, 0.1) is 31.1 Å². The average molecular weight is 471 g/mol. The molecule has 1 aromatic heterocycles. The van der Waals surface area contributed by atoms with Gasteiger partial charge >= 0.3 is 0 Å². The van der Waals surface area contributed by atoms with Crippen LogP contribution >= 0.6 is 0 Å². The van der Waals surface area contributed by atoms with Gasteiger partial charge in [-0.1, -0.05) is 0 Å². The molecule has 0 aliphatic carbocycles. The van der Waals surface area contributed by atoms with E-state index < -0.39 is 0 Å².